The SMILES string of the molecule is CNC(CN(C)C1CCCN(C)C1)c1ccccc1F. The molecule has 0 amide bonds. The van der Waals surface area contributed by atoms with Crippen LogP contribution in [0.25, 0.3) is 0 Å². The summed E-state index contributed by atoms with van der Waals surface area (Å²) in [5.41, 5.74) is 0.756. The van der Waals surface area contributed by atoms with Crippen LogP contribution in [0.1, 0.15) is 24.4 Å². The van der Waals surface area contributed by atoms with Gasteiger partial charge < -0.3 is 15.1 Å². The topological polar surface area (TPSA) is 18.5 Å². The number of benzene rings is 1. The van der Waals surface area contributed by atoms with E-state index < -0.39 is 0 Å². The molecule has 0 aromatic heterocycles. The van der Waals surface area contributed by atoms with Crippen LogP contribution in [-0.4, -0.2) is 56.6 Å². The summed E-state index contributed by atoms with van der Waals surface area (Å²) >= 11 is 0. The van der Waals surface area contributed by atoms with Crippen LogP contribution in [0.5, 0.6) is 0 Å². The molecule has 0 bridgehead atoms. The lowest BCUT2D eigenvalue weighted by atomic mass is 10.0. The van der Waals surface area contributed by atoms with Crippen LogP contribution in [0.2, 0.25) is 0 Å². The Morgan fingerprint density at radius 1 is 1.45 bits per heavy atom. The Morgan fingerprint density at radius 3 is 2.85 bits per heavy atom. The summed E-state index contributed by atoms with van der Waals surface area (Å²) in [5.74, 6) is -0.124. The van der Waals surface area contributed by atoms with E-state index in [9.17, 15) is 4.39 Å². The van der Waals surface area contributed by atoms with Crippen LogP contribution in [0.3, 0.4) is 0 Å². The number of nitrogens with zero attached hydrogens (tertiary/aromatic N) is 2. The minimum Gasteiger partial charge on any atom is -0.312 e. The van der Waals surface area contributed by atoms with E-state index >= 15 is 0 Å². The summed E-state index contributed by atoms with van der Waals surface area (Å²) in [5, 5.41) is 3.25. The first kappa shape index (κ1) is 15.4. The fraction of sp³-hybridized carbons (Fsp3) is 0.625. The van der Waals surface area contributed by atoms with Gasteiger partial charge in [0.2, 0.25) is 0 Å². The molecule has 20 heavy (non-hydrogen) atoms. The highest BCUT2D eigenvalue weighted by atomic mass is 19.1. The van der Waals surface area contributed by atoms with Crippen molar-refractivity contribution in [2.24, 2.45) is 0 Å². The Bertz CT molecular complexity index is 424. The molecule has 0 saturated carbocycles. The van der Waals surface area contributed by atoms with Crippen molar-refractivity contribution in [1.82, 2.24) is 15.1 Å². The van der Waals surface area contributed by atoms with Crippen LogP contribution in [-0.2, 0) is 0 Å². The van der Waals surface area contributed by atoms with Crippen LogP contribution < -0.4 is 5.32 Å². The van der Waals surface area contributed by atoms with Gasteiger partial charge in [0.25, 0.3) is 0 Å². The molecule has 1 fully saturated rings. The summed E-state index contributed by atoms with van der Waals surface area (Å²) < 4.78 is 13.9. The zero-order chi connectivity index (χ0) is 14.5. The van der Waals surface area contributed by atoms with Gasteiger partial charge in [-0.1, -0.05) is 18.2 Å². The Kier molecular flexibility index (Phi) is 5.52. The fourth-order valence-corrected chi connectivity index (χ4v) is 3.04. The van der Waals surface area contributed by atoms with Crippen LogP contribution in [0, 0.1) is 5.82 Å². The first-order valence-electron chi connectivity index (χ1n) is 7.42. The summed E-state index contributed by atoms with van der Waals surface area (Å²) in [6, 6.07) is 7.65. The molecule has 1 aliphatic rings. The zero-order valence-electron chi connectivity index (χ0n) is 12.8. The smallest absolute Gasteiger partial charge is 0.128 e. The van der Waals surface area contributed by atoms with Crippen LogP contribution in [0.4, 0.5) is 4.39 Å². The van der Waals surface area contributed by atoms with Crippen LogP contribution in [0.15, 0.2) is 24.3 Å². The molecule has 0 aliphatic carbocycles. The molecule has 2 atom stereocenters. The average molecular weight is 279 g/mol. The molecular weight excluding hydrogens is 253 g/mol. The molecule has 0 radical (unpaired) electrons. The summed E-state index contributed by atoms with van der Waals surface area (Å²) in [4.78, 5) is 4.74. The number of piperidine rings is 1. The third-order valence-corrected chi connectivity index (χ3v) is 4.32. The van der Waals surface area contributed by atoms with E-state index in [1.54, 1.807) is 6.07 Å². The van der Waals surface area contributed by atoms with Gasteiger partial charge in [0.05, 0.1) is 0 Å². The second-order valence-corrected chi connectivity index (χ2v) is 5.86. The largest absolute Gasteiger partial charge is 0.312 e. The van der Waals surface area contributed by atoms with E-state index in [1.807, 2.05) is 19.2 Å². The molecule has 0 spiro atoms. The van der Waals surface area contributed by atoms with Gasteiger partial charge in [-0.05, 0) is 46.6 Å². The second-order valence-electron chi connectivity index (χ2n) is 5.86. The highest BCUT2D eigenvalue weighted by Gasteiger charge is 2.24. The lowest BCUT2D eigenvalue weighted by Crippen LogP contribution is -2.47. The van der Waals surface area contributed by atoms with Gasteiger partial charge in [-0.15, -0.1) is 0 Å². The van der Waals surface area contributed by atoms with Crippen molar-refractivity contribution in [2.45, 2.75) is 24.9 Å². The summed E-state index contributed by atoms with van der Waals surface area (Å²) in [6.07, 6.45) is 2.48. The van der Waals surface area contributed by atoms with Crippen LogP contribution >= 0.6 is 0 Å². The summed E-state index contributed by atoms with van der Waals surface area (Å²) in [6.45, 7) is 3.12. The van der Waals surface area contributed by atoms with Gasteiger partial charge in [0.1, 0.15) is 5.82 Å². The molecule has 1 saturated heterocycles. The lowest BCUT2D eigenvalue weighted by molar-refractivity contribution is 0.125. The average Bonchev–Trinajstić information content (AvgIpc) is 2.45. The molecule has 4 heteroatoms. The van der Waals surface area contributed by atoms with E-state index in [-0.39, 0.29) is 11.9 Å². The maximum absolute atomic E-state index is 13.9. The van der Waals surface area contributed by atoms with Gasteiger partial charge in [0, 0.05) is 30.7 Å². The maximum Gasteiger partial charge on any atom is 0.128 e. The van der Waals surface area contributed by atoms with Crippen molar-refractivity contribution in [1.29, 1.82) is 0 Å². The quantitative estimate of drug-likeness (QED) is 0.890. The highest BCUT2D eigenvalue weighted by Crippen LogP contribution is 2.20. The van der Waals surface area contributed by atoms with Crippen molar-refractivity contribution >= 4 is 0 Å². The van der Waals surface area contributed by atoms with E-state index in [4.69, 9.17) is 0 Å². The highest BCUT2D eigenvalue weighted by molar-refractivity contribution is 5.21. The van der Waals surface area contributed by atoms with Gasteiger partial charge in [0.15, 0.2) is 0 Å². The normalized spacial score (nSPS) is 22.1. The maximum atomic E-state index is 13.9. The number of hydrogen-bond donors (Lipinski definition) is 1. The minimum absolute atomic E-state index is 0.0356. The van der Waals surface area contributed by atoms with Gasteiger partial charge >= 0.3 is 0 Å². The molecule has 1 heterocycles. The van der Waals surface area contributed by atoms with Crippen molar-refractivity contribution in [3.05, 3.63) is 35.6 Å². The van der Waals surface area contributed by atoms with E-state index in [1.165, 1.54) is 25.5 Å². The number of likely N-dealkylation sites (N-methyl/N-ethyl adjacent to an activating group) is 3. The fourth-order valence-electron chi connectivity index (χ4n) is 3.04. The van der Waals surface area contributed by atoms with Gasteiger partial charge in [-0.2, -0.15) is 0 Å². The monoisotopic (exact) mass is 279 g/mol. The first-order valence-corrected chi connectivity index (χ1v) is 7.42. The lowest BCUT2D eigenvalue weighted by Gasteiger charge is -2.37. The molecule has 3 nitrogen and oxygen atoms in total. The van der Waals surface area contributed by atoms with E-state index in [0.717, 1.165) is 18.7 Å². The van der Waals surface area contributed by atoms with E-state index in [0.29, 0.717) is 6.04 Å². The number of nitrogens with one attached hydrogen (secondary N) is 1. The number of rotatable bonds is 5. The third kappa shape index (κ3) is 3.78. The predicted octanol–water partition coefficient (Wildman–Crippen LogP) is 2.11. The molecule has 2 rings (SSSR count). The summed E-state index contributed by atoms with van der Waals surface area (Å²) in [7, 11) is 6.22. The third-order valence-electron chi connectivity index (χ3n) is 4.32. The number of likely N-dealkylation sites (tertiary alicyclic amines) is 1. The second kappa shape index (κ2) is 7.16. The molecule has 1 aromatic rings. The molecular formula is C16H26FN3. The predicted molar refractivity (Wildman–Crippen MR) is 81.3 cm³/mol. The Morgan fingerprint density at radius 2 is 2.20 bits per heavy atom. The zero-order valence-corrected chi connectivity index (χ0v) is 12.8. The van der Waals surface area contributed by atoms with Crippen molar-refractivity contribution in [3.8, 4) is 0 Å². The van der Waals surface area contributed by atoms with E-state index in [2.05, 4.69) is 29.2 Å². The Balaban J connectivity index is 2.01. The van der Waals surface area contributed by atoms with Crippen molar-refractivity contribution < 1.29 is 4.39 Å². The number of halogens is 1. The molecule has 1 aliphatic heterocycles. The van der Waals surface area contributed by atoms with Gasteiger partial charge in [-0.25, -0.2) is 4.39 Å². The van der Waals surface area contributed by atoms with Crippen molar-refractivity contribution in [3.63, 3.8) is 0 Å². The first-order chi connectivity index (χ1) is 9.61. The molecule has 1 aromatic carbocycles. The van der Waals surface area contributed by atoms with Gasteiger partial charge in [-0.3, -0.25) is 0 Å². The molecule has 2 unspecified atom stereocenters. The molecule has 112 valence electrons. The number of hydrogen-bond acceptors (Lipinski definition) is 3. The Labute approximate surface area is 121 Å². The van der Waals surface area contributed by atoms with Crippen molar-refractivity contribution in [2.75, 3.05) is 40.8 Å². The molecule has 1 N–H and O–H groups in total. The standard InChI is InChI=1S/C16H26FN3/c1-18-16(14-8-4-5-9-15(14)17)12-20(3)13-7-6-10-19(2)11-13/h4-5,8-9,13,16,18H,6-7,10-12H2,1-3H3. The Hall–Kier alpha value is -0.970. The minimum atomic E-state index is -0.124.